The molecule has 5 aliphatic rings. The summed E-state index contributed by atoms with van der Waals surface area (Å²) in [4.78, 5) is 2.57. The molecule has 0 radical (unpaired) electrons. The van der Waals surface area contributed by atoms with E-state index in [1.54, 1.807) is 11.3 Å². The fourth-order valence-electron chi connectivity index (χ4n) is 6.05. The van der Waals surface area contributed by atoms with E-state index in [0.717, 1.165) is 32.2 Å². The molecule has 2 heterocycles. The zero-order chi connectivity index (χ0) is 18.8. The van der Waals surface area contributed by atoms with Gasteiger partial charge in [0.1, 0.15) is 0 Å². The van der Waals surface area contributed by atoms with E-state index in [1.165, 1.54) is 48.0 Å². The van der Waals surface area contributed by atoms with Crippen molar-refractivity contribution in [2.24, 2.45) is 11.3 Å². The molecule has 0 aromatic rings. The van der Waals surface area contributed by atoms with E-state index in [-0.39, 0.29) is 5.41 Å². The Balaban J connectivity index is 1.76. The largest absolute Gasteiger partial charge is 0.385 e. The molecule has 2 atom stereocenters. The molecule has 2 unspecified atom stereocenters. The molecule has 2 aliphatic heterocycles. The lowest BCUT2D eigenvalue weighted by Crippen LogP contribution is -2.48. The first-order chi connectivity index (χ1) is 12.9. The number of fused-ring (bicyclic) bond motifs is 3. The number of hydrogen-bond donors (Lipinski definition) is 1. The summed E-state index contributed by atoms with van der Waals surface area (Å²) in [7, 11) is 0. The molecule has 3 aliphatic carbocycles. The summed E-state index contributed by atoms with van der Waals surface area (Å²) in [6.45, 7) is 7.80. The average Bonchev–Trinajstić information content (AvgIpc) is 2.82. The minimum atomic E-state index is -0.712. The molecule has 0 amide bonds. The van der Waals surface area contributed by atoms with Gasteiger partial charge in [0.05, 0.1) is 5.60 Å². The van der Waals surface area contributed by atoms with E-state index >= 15 is 0 Å². The van der Waals surface area contributed by atoms with Gasteiger partial charge in [-0.25, -0.2) is 0 Å². The summed E-state index contributed by atoms with van der Waals surface area (Å²) >= 11 is 0. The molecule has 5 rings (SSSR count). The van der Waals surface area contributed by atoms with Crippen molar-refractivity contribution in [1.29, 1.82) is 0 Å². The van der Waals surface area contributed by atoms with Crippen LogP contribution >= 0.6 is 0 Å². The predicted molar refractivity (Wildman–Crippen MR) is 111 cm³/mol. The molecule has 2 nitrogen and oxygen atoms in total. The van der Waals surface area contributed by atoms with Crippen LogP contribution in [0.15, 0.2) is 58.0 Å². The summed E-state index contributed by atoms with van der Waals surface area (Å²) in [6.07, 6.45) is 18.5. The first-order valence-electron chi connectivity index (χ1n) is 10.9. The Labute approximate surface area is 164 Å². The minimum Gasteiger partial charge on any atom is -0.385 e. The third kappa shape index (κ3) is 2.49. The van der Waals surface area contributed by atoms with Gasteiger partial charge in [-0.3, -0.25) is 0 Å². The molecule has 2 heteroatoms. The third-order valence-electron chi connectivity index (χ3n) is 7.67. The van der Waals surface area contributed by atoms with Crippen LogP contribution in [0.3, 0.4) is 0 Å². The van der Waals surface area contributed by atoms with Crippen molar-refractivity contribution in [3.8, 4) is 0 Å². The number of aliphatic hydroxyl groups is 1. The Bertz CT molecular complexity index is 829. The van der Waals surface area contributed by atoms with Gasteiger partial charge in [0.25, 0.3) is 0 Å². The highest BCUT2D eigenvalue weighted by Gasteiger charge is 2.49. The van der Waals surface area contributed by atoms with E-state index in [0.29, 0.717) is 5.92 Å². The average molecular weight is 364 g/mol. The van der Waals surface area contributed by atoms with E-state index in [4.69, 9.17) is 0 Å². The highest BCUT2D eigenvalue weighted by atomic mass is 16.3. The Morgan fingerprint density at radius 2 is 2.04 bits per heavy atom. The van der Waals surface area contributed by atoms with Crippen LogP contribution in [0.2, 0.25) is 0 Å². The van der Waals surface area contributed by atoms with E-state index in [2.05, 4.69) is 50.1 Å². The first-order valence-corrected chi connectivity index (χ1v) is 10.9. The summed E-state index contributed by atoms with van der Waals surface area (Å²) < 4.78 is 0. The highest BCUT2D eigenvalue weighted by molar-refractivity contribution is 5.63. The Hall–Kier alpha value is -1.54. The Morgan fingerprint density at radius 3 is 2.85 bits per heavy atom. The second kappa shape index (κ2) is 5.98. The maximum atomic E-state index is 11.9. The maximum absolute atomic E-state index is 11.9. The van der Waals surface area contributed by atoms with E-state index in [9.17, 15) is 5.11 Å². The van der Waals surface area contributed by atoms with Crippen molar-refractivity contribution in [2.75, 3.05) is 6.54 Å². The van der Waals surface area contributed by atoms with Gasteiger partial charge in [-0.2, -0.15) is 0 Å². The number of rotatable bonds is 0. The molecular weight excluding hydrogens is 330 g/mol. The summed E-state index contributed by atoms with van der Waals surface area (Å²) in [6, 6.07) is 0. The SMILES string of the molecule is CC(C)(C)C1(O)CCC2=C3CCCCN3C=C3C2=C1CC=C1C=CCCC13. The molecule has 27 heavy (non-hydrogen) atoms. The predicted octanol–water partition coefficient (Wildman–Crippen LogP) is 5.79. The number of hydrogen-bond acceptors (Lipinski definition) is 2. The van der Waals surface area contributed by atoms with Crippen LogP contribution in [0.25, 0.3) is 0 Å². The first kappa shape index (κ1) is 17.6. The zero-order valence-corrected chi connectivity index (χ0v) is 17.1. The summed E-state index contributed by atoms with van der Waals surface area (Å²) in [5, 5.41) is 11.9. The van der Waals surface area contributed by atoms with Crippen LogP contribution in [0, 0.1) is 11.3 Å². The molecule has 0 bridgehead atoms. The lowest BCUT2D eigenvalue weighted by molar-refractivity contribution is -0.0363. The van der Waals surface area contributed by atoms with Crippen molar-refractivity contribution < 1.29 is 5.11 Å². The van der Waals surface area contributed by atoms with Gasteiger partial charge in [-0.1, -0.05) is 39.0 Å². The van der Waals surface area contributed by atoms with Crippen LogP contribution in [-0.4, -0.2) is 22.2 Å². The van der Waals surface area contributed by atoms with Crippen molar-refractivity contribution >= 4 is 0 Å². The fourth-order valence-corrected chi connectivity index (χ4v) is 6.05. The van der Waals surface area contributed by atoms with Crippen molar-refractivity contribution in [3.05, 3.63) is 58.0 Å². The zero-order valence-electron chi connectivity index (χ0n) is 17.1. The maximum Gasteiger partial charge on any atom is 0.0919 e. The van der Waals surface area contributed by atoms with Gasteiger partial charge >= 0.3 is 0 Å². The highest BCUT2D eigenvalue weighted by Crippen LogP contribution is 2.56. The second-order valence-corrected chi connectivity index (χ2v) is 10.1. The van der Waals surface area contributed by atoms with Gasteiger partial charge < -0.3 is 10.0 Å². The number of piperidine rings is 1. The topological polar surface area (TPSA) is 23.5 Å². The Morgan fingerprint density at radius 1 is 1.19 bits per heavy atom. The molecule has 1 N–H and O–H groups in total. The van der Waals surface area contributed by atoms with Gasteiger partial charge in [0.2, 0.25) is 0 Å². The summed E-state index contributed by atoms with van der Waals surface area (Å²) in [5.74, 6) is 0.503. The van der Waals surface area contributed by atoms with Crippen LogP contribution in [0.1, 0.15) is 72.1 Å². The van der Waals surface area contributed by atoms with Gasteiger partial charge in [0, 0.05) is 24.4 Å². The standard InChI is InChI=1S/C25H33NO/c1-24(2,3)25(27)14-13-19-22-10-6-7-15-26(22)16-20-18-9-5-4-8-17(18)11-12-21(25)23(19)20/h4,8,11,16,18,27H,5-7,9-10,12-15H2,1-3H3. The monoisotopic (exact) mass is 363 g/mol. The minimum absolute atomic E-state index is 0.149. The second-order valence-electron chi connectivity index (χ2n) is 10.1. The molecule has 1 fully saturated rings. The van der Waals surface area contributed by atoms with Crippen LogP contribution in [0.5, 0.6) is 0 Å². The molecular formula is C25H33NO. The summed E-state index contributed by atoms with van der Waals surface area (Å²) in [5.41, 5.74) is 8.00. The van der Waals surface area contributed by atoms with Gasteiger partial charge in [0.15, 0.2) is 0 Å². The van der Waals surface area contributed by atoms with Crippen molar-refractivity contribution in [3.63, 3.8) is 0 Å². The van der Waals surface area contributed by atoms with Crippen molar-refractivity contribution in [2.45, 2.75) is 77.7 Å². The van der Waals surface area contributed by atoms with Crippen LogP contribution in [-0.2, 0) is 0 Å². The molecule has 0 saturated carbocycles. The third-order valence-corrected chi connectivity index (χ3v) is 7.67. The Kier molecular flexibility index (Phi) is 3.89. The van der Waals surface area contributed by atoms with E-state index < -0.39 is 5.60 Å². The molecule has 0 spiro atoms. The fraction of sp³-hybridized carbons (Fsp3) is 0.600. The van der Waals surface area contributed by atoms with E-state index in [1.807, 2.05) is 0 Å². The lowest BCUT2D eigenvalue weighted by Gasteiger charge is -2.49. The number of allylic oxidation sites excluding steroid dienone is 8. The van der Waals surface area contributed by atoms with Crippen molar-refractivity contribution in [1.82, 2.24) is 4.90 Å². The number of nitrogens with zero attached hydrogens (tertiary/aromatic N) is 1. The molecule has 0 aromatic heterocycles. The molecule has 144 valence electrons. The normalized spacial score (nSPS) is 33.0. The van der Waals surface area contributed by atoms with Gasteiger partial charge in [-0.15, -0.1) is 0 Å². The molecule has 0 aromatic carbocycles. The molecule has 1 saturated heterocycles. The lowest BCUT2D eigenvalue weighted by atomic mass is 9.61. The van der Waals surface area contributed by atoms with Crippen LogP contribution < -0.4 is 0 Å². The van der Waals surface area contributed by atoms with Crippen LogP contribution in [0.4, 0.5) is 0 Å². The smallest absolute Gasteiger partial charge is 0.0919 e. The quantitative estimate of drug-likeness (QED) is 0.589. The van der Waals surface area contributed by atoms with Gasteiger partial charge in [-0.05, 0) is 84.6 Å².